The van der Waals surface area contributed by atoms with Crippen molar-refractivity contribution < 1.29 is 17.9 Å². The normalized spacial score (nSPS) is 21.6. The second-order valence-corrected chi connectivity index (χ2v) is 14.1. The van der Waals surface area contributed by atoms with E-state index in [0.29, 0.717) is 40.5 Å². The standard InChI is InChI=1S/C23H25Cl2N3O4S3/c1-14-11-15(24)12-18-21(14)26-23(33-18)27(13-16-5-4-10-32-16)22(29)17-6-2-3-9-28(17)35(30,31)20-8-7-19(25)34-20/h7-8,11-12,16-17H,2-6,9-10,13H2,1H3. The average molecular weight is 575 g/mol. The Bertz CT molecular complexity index is 1350. The zero-order valence-electron chi connectivity index (χ0n) is 19.1. The van der Waals surface area contributed by atoms with Gasteiger partial charge < -0.3 is 4.74 Å². The van der Waals surface area contributed by atoms with Gasteiger partial charge in [0.15, 0.2) is 5.13 Å². The van der Waals surface area contributed by atoms with Gasteiger partial charge in [0, 0.05) is 18.2 Å². The third kappa shape index (κ3) is 5.12. The molecule has 2 aliphatic rings. The lowest BCUT2D eigenvalue weighted by atomic mass is 10.0. The van der Waals surface area contributed by atoms with Crippen LogP contribution in [0.4, 0.5) is 5.13 Å². The van der Waals surface area contributed by atoms with Crippen LogP contribution in [0.1, 0.15) is 37.7 Å². The first-order chi connectivity index (χ1) is 16.7. The highest BCUT2D eigenvalue weighted by atomic mass is 35.5. The number of hydrogen-bond donors (Lipinski definition) is 0. The molecule has 2 saturated heterocycles. The molecule has 1 amide bonds. The molecule has 2 unspecified atom stereocenters. The number of benzene rings is 1. The van der Waals surface area contributed by atoms with E-state index in [9.17, 15) is 13.2 Å². The summed E-state index contributed by atoms with van der Waals surface area (Å²) in [5.74, 6) is -0.269. The summed E-state index contributed by atoms with van der Waals surface area (Å²) >= 11 is 14.7. The maximum atomic E-state index is 14.1. The van der Waals surface area contributed by atoms with Crippen molar-refractivity contribution in [3.8, 4) is 0 Å². The smallest absolute Gasteiger partial charge is 0.253 e. The van der Waals surface area contributed by atoms with E-state index in [1.54, 1.807) is 11.0 Å². The number of fused-ring (bicyclic) bond motifs is 1. The van der Waals surface area contributed by atoms with Gasteiger partial charge in [-0.3, -0.25) is 9.69 Å². The lowest BCUT2D eigenvalue weighted by molar-refractivity contribution is -0.123. The predicted molar refractivity (Wildman–Crippen MR) is 142 cm³/mol. The quantitative estimate of drug-likeness (QED) is 0.376. The van der Waals surface area contributed by atoms with Crippen LogP contribution in [0.15, 0.2) is 28.5 Å². The number of anilines is 1. The third-order valence-electron chi connectivity index (χ3n) is 6.40. The molecular formula is C23H25Cl2N3O4S3. The topological polar surface area (TPSA) is 79.8 Å². The molecule has 12 heteroatoms. The molecule has 1 aromatic carbocycles. The number of ether oxygens (including phenoxy) is 1. The van der Waals surface area contributed by atoms with Gasteiger partial charge in [-0.2, -0.15) is 4.31 Å². The molecule has 35 heavy (non-hydrogen) atoms. The van der Waals surface area contributed by atoms with Crippen molar-refractivity contribution in [1.82, 2.24) is 9.29 Å². The number of aryl methyl sites for hydroxylation is 1. The van der Waals surface area contributed by atoms with Crippen molar-refractivity contribution in [2.24, 2.45) is 0 Å². The molecule has 0 spiro atoms. The molecule has 0 bridgehead atoms. The van der Waals surface area contributed by atoms with Gasteiger partial charge in [-0.15, -0.1) is 11.3 Å². The Kier molecular flexibility index (Phi) is 7.43. The minimum absolute atomic E-state index is 0.111. The van der Waals surface area contributed by atoms with E-state index in [2.05, 4.69) is 0 Å². The highest BCUT2D eigenvalue weighted by molar-refractivity contribution is 7.91. The number of carbonyl (C=O) groups is 1. The maximum absolute atomic E-state index is 14.1. The van der Waals surface area contributed by atoms with Crippen LogP contribution >= 0.6 is 45.9 Å². The highest BCUT2D eigenvalue weighted by Gasteiger charge is 2.41. The number of hydrogen-bond acceptors (Lipinski definition) is 7. The number of rotatable bonds is 6. The fraction of sp³-hybridized carbons (Fsp3) is 0.478. The van der Waals surface area contributed by atoms with Gasteiger partial charge in [0.25, 0.3) is 10.0 Å². The molecular weight excluding hydrogens is 549 g/mol. The van der Waals surface area contributed by atoms with E-state index in [-0.39, 0.29) is 22.8 Å². The number of thiazole rings is 1. The van der Waals surface area contributed by atoms with Crippen molar-refractivity contribution in [3.05, 3.63) is 39.2 Å². The van der Waals surface area contributed by atoms with Crippen LogP contribution < -0.4 is 4.90 Å². The second kappa shape index (κ2) is 10.2. The zero-order chi connectivity index (χ0) is 24.7. The third-order valence-corrected chi connectivity index (χ3v) is 11.2. The van der Waals surface area contributed by atoms with Crippen molar-refractivity contribution in [3.63, 3.8) is 0 Å². The summed E-state index contributed by atoms with van der Waals surface area (Å²) in [6.07, 6.45) is 3.60. The first-order valence-corrected chi connectivity index (χ1v) is 15.3. The number of aromatic nitrogens is 1. The molecule has 5 rings (SSSR count). The lowest BCUT2D eigenvalue weighted by Crippen LogP contribution is -2.54. The number of amides is 1. The van der Waals surface area contributed by atoms with E-state index in [0.717, 1.165) is 46.4 Å². The number of halogens is 2. The molecule has 0 aliphatic carbocycles. The van der Waals surface area contributed by atoms with E-state index in [1.165, 1.54) is 21.7 Å². The molecule has 2 atom stereocenters. The van der Waals surface area contributed by atoms with Gasteiger partial charge in [0.1, 0.15) is 10.3 Å². The number of thiophene rings is 1. The largest absolute Gasteiger partial charge is 0.376 e. The van der Waals surface area contributed by atoms with Crippen LogP contribution in [0.25, 0.3) is 10.2 Å². The SMILES string of the molecule is Cc1cc(Cl)cc2sc(N(CC3CCCO3)C(=O)C3CCCCN3S(=O)(=O)c3ccc(Cl)s3)nc12. The molecule has 188 valence electrons. The molecule has 0 saturated carbocycles. The Morgan fingerprint density at radius 2 is 2.03 bits per heavy atom. The molecule has 0 radical (unpaired) electrons. The predicted octanol–water partition coefficient (Wildman–Crippen LogP) is 5.73. The molecule has 4 heterocycles. The minimum atomic E-state index is -3.86. The molecule has 2 fully saturated rings. The lowest BCUT2D eigenvalue weighted by Gasteiger charge is -2.36. The summed E-state index contributed by atoms with van der Waals surface area (Å²) in [5.41, 5.74) is 1.72. The fourth-order valence-electron chi connectivity index (χ4n) is 4.68. The van der Waals surface area contributed by atoms with Crippen LogP contribution in [-0.4, -0.2) is 55.5 Å². The Labute approximate surface area is 222 Å². The molecule has 2 aliphatic heterocycles. The van der Waals surface area contributed by atoms with Gasteiger partial charge >= 0.3 is 0 Å². The number of piperidine rings is 1. The zero-order valence-corrected chi connectivity index (χ0v) is 23.0. The Balaban J connectivity index is 1.52. The fourth-order valence-corrected chi connectivity index (χ4v) is 9.38. The van der Waals surface area contributed by atoms with Crippen molar-refractivity contribution in [1.29, 1.82) is 0 Å². The van der Waals surface area contributed by atoms with Crippen molar-refractivity contribution >= 4 is 77.2 Å². The van der Waals surface area contributed by atoms with Crippen molar-refractivity contribution in [2.75, 3.05) is 24.6 Å². The summed E-state index contributed by atoms with van der Waals surface area (Å²) in [6, 6.07) is 5.95. The number of carbonyl (C=O) groups excluding carboxylic acids is 1. The van der Waals surface area contributed by atoms with Crippen LogP contribution in [0.2, 0.25) is 9.36 Å². The molecule has 7 nitrogen and oxygen atoms in total. The first-order valence-electron chi connectivity index (χ1n) is 11.5. The summed E-state index contributed by atoms with van der Waals surface area (Å²) in [6.45, 7) is 3.22. The van der Waals surface area contributed by atoms with Crippen LogP contribution in [-0.2, 0) is 19.6 Å². The summed E-state index contributed by atoms with van der Waals surface area (Å²) in [4.78, 5) is 20.5. The van der Waals surface area contributed by atoms with Crippen LogP contribution in [0.3, 0.4) is 0 Å². The Morgan fingerprint density at radius 3 is 2.74 bits per heavy atom. The van der Waals surface area contributed by atoms with E-state index in [1.807, 2.05) is 19.1 Å². The number of sulfonamides is 1. The second-order valence-electron chi connectivity index (χ2n) is 8.84. The van der Waals surface area contributed by atoms with Crippen LogP contribution in [0.5, 0.6) is 0 Å². The van der Waals surface area contributed by atoms with Crippen LogP contribution in [0, 0.1) is 6.92 Å². The van der Waals surface area contributed by atoms with Gasteiger partial charge in [-0.05, 0) is 62.4 Å². The van der Waals surface area contributed by atoms with Crippen molar-refractivity contribution in [2.45, 2.75) is 55.4 Å². The molecule has 0 N–H and O–H groups in total. The van der Waals surface area contributed by atoms with Gasteiger partial charge in [0.2, 0.25) is 5.91 Å². The Morgan fingerprint density at radius 1 is 1.20 bits per heavy atom. The van der Waals surface area contributed by atoms with E-state index >= 15 is 0 Å². The maximum Gasteiger partial charge on any atom is 0.253 e. The molecule has 2 aromatic heterocycles. The number of nitrogens with zero attached hydrogens (tertiary/aromatic N) is 3. The van der Waals surface area contributed by atoms with E-state index < -0.39 is 16.1 Å². The monoisotopic (exact) mass is 573 g/mol. The first kappa shape index (κ1) is 25.4. The summed E-state index contributed by atoms with van der Waals surface area (Å²) in [7, 11) is -3.86. The van der Waals surface area contributed by atoms with E-state index in [4.69, 9.17) is 32.9 Å². The average Bonchev–Trinajstić information content (AvgIpc) is 3.58. The summed E-state index contributed by atoms with van der Waals surface area (Å²) in [5, 5.41) is 1.15. The van der Waals surface area contributed by atoms with Gasteiger partial charge in [-0.1, -0.05) is 41.0 Å². The van der Waals surface area contributed by atoms with Gasteiger partial charge in [-0.25, -0.2) is 13.4 Å². The highest BCUT2D eigenvalue weighted by Crippen LogP contribution is 2.36. The minimum Gasteiger partial charge on any atom is -0.376 e. The summed E-state index contributed by atoms with van der Waals surface area (Å²) < 4.78 is 35.6. The Hall–Kier alpha value is -1.27. The molecule has 3 aromatic rings. The van der Waals surface area contributed by atoms with Gasteiger partial charge in [0.05, 0.1) is 27.2 Å².